The number of hydrogen-bond acceptors (Lipinski definition) is 3. The molecule has 0 saturated heterocycles. The highest BCUT2D eigenvalue weighted by Crippen LogP contribution is 2.20. The van der Waals surface area contributed by atoms with Crippen LogP contribution in [0.25, 0.3) is 0 Å². The van der Waals surface area contributed by atoms with Crippen LogP contribution in [-0.4, -0.2) is 15.6 Å². The molecule has 1 heterocycles. The summed E-state index contributed by atoms with van der Waals surface area (Å²) < 4.78 is 1.91. The number of aromatic nitrogens is 2. The van der Waals surface area contributed by atoms with Crippen LogP contribution in [0.3, 0.4) is 0 Å². The fraction of sp³-hybridized carbons (Fsp3) is 0.692. The van der Waals surface area contributed by atoms with Gasteiger partial charge in [-0.2, -0.15) is 5.26 Å². The van der Waals surface area contributed by atoms with E-state index in [1.54, 1.807) is 12.5 Å². The van der Waals surface area contributed by atoms with Gasteiger partial charge in [-0.25, -0.2) is 4.98 Å². The summed E-state index contributed by atoms with van der Waals surface area (Å²) in [6.45, 7) is 0. The molecule has 0 bridgehead atoms. The molecule has 0 aliphatic heterocycles. The molecule has 92 valence electrons. The summed E-state index contributed by atoms with van der Waals surface area (Å²) in [5, 5.41) is 12.7. The van der Waals surface area contributed by atoms with Crippen molar-refractivity contribution in [1.29, 1.82) is 5.26 Å². The summed E-state index contributed by atoms with van der Waals surface area (Å²) in [5.41, 5.74) is 0.955. The normalized spacial score (nSPS) is 19.5. The molecule has 0 amide bonds. The van der Waals surface area contributed by atoms with Gasteiger partial charge in [0.15, 0.2) is 0 Å². The molecule has 17 heavy (non-hydrogen) atoms. The van der Waals surface area contributed by atoms with Crippen LogP contribution in [0.2, 0.25) is 0 Å². The molecule has 1 unspecified atom stereocenters. The first-order chi connectivity index (χ1) is 8.31. The van der Waals surface area contributed by atoms with Gasteiger partial charge in [0, 0.05) is 13.1 Å². The number of hydrogen-bond donors (Lipinski definition) is 1. The second kappa shape index (κ2) is 5.83. The zero-order valence-corrected chi connectivity index (χ0v) is 10.4. The highest BCUT2D eigenvalue weighted by Gasteiger charge is 2.19. The molecule has 2 rings (SSSR count). The van der Waals surface area contributed by atoms with Gasteiger partial charge < -0.3 is 4.57 Å². The van der Waals surface area contributed by atoms with Gasteiger partial charge in [-0.05, 0) is 12.8 Å². The molecule has 1 aliphatic carbocycles. The molecule has 4 heteroatoms. The number of imidazole rings is 1. The minimum atomic E-state index is -0.231. The highest BCUT2D eigenvalue weighted by atomic mass is 15.1. The molecular weight excluding hydrogens is 212 g/mol. The van der Waals surface area contributed by atoms with Crippen molar-refractivity contribution in [2.75, 3.05) is 0 Å². The molecular formula is C13H20N4. The average Bonchev–Trinajstić information content (AvgIpc) is 2.62. The van der Waals surface area contributed by atoms with E-state index < -0.39 is 0 Å². The van der Waals surface area contributed by atoms with Crippen molar-refractivity contribution >= 4 is 0 Å². The van der Waals surface area contributed by atoms with Crippen molar-refractivity contribution in [2.24, 2.45) is 7.05 Å². The van der Waals surface area contributed by atoms with Crippen molar-refractivity contribution in [3.8, 4) is 6.07 Å². The number of rotatable bonds is 3. The van der Waals surface area contributed by atoms with Crippen molar-refractivity contribution < 1.29 is 0 Å². The molecule has 0 radical (unpaired) electrons. The quantitative estimate of drug-likeness (QED) is 0.813. The zero-order chi connectivity index (χ0) is 12.1. The first-order valence-electron chi connectivity index (χ1n) is 6.43. The van der Waals surface area contributed by atoms with Crippen molar-refractivity contribution in [3.63, 3.8) is 0 Å². The van der Waals surface area contributed by atoms with Crippen LogP contribution in [0.15, 0.2) is 12.5 Å². The van der Waals surface area contributed by atoms with Gasteiger partial charge in [0.1, 0.15) is 6.04 Å². The standard InChI is InChI=1S/C13H20N4/c1-17-10-15-9-13(17)12(8-14)16-11-6-4-2-3-5-7-11/h9-12,16H,2-7H2,1H3. The van der Waals surface area contributed by atoms with Gasteiger partial charge in [0.25, 0.3) is 0 Å². The van der Waals surface area contributed by atoms with Crippen LogP contribution < -0.4 is 5.32 Å². The lowest BCUT2D eigenvalue weighted by atomic mass is 10.1. The van der Waals surface area contributed by atoms with Crippen LogP contribution in [0, 0.1) is 11.3 Å². The van der Waals surface area contributed by atoms with E-state index in [0.29, 0.717) is 6.04 Å². The Kier molecular flexibility index (Phi) is 4.16. The van der Waals surface area contributed by atoms with Crippen LogP contribution in [-0.2, 0) is 7.05 Å². The fourth-order valence-corrected chi connectivity index (χ4v) is 2.52. The Morgan fingerprint density at radius 2 is 2.12 bits per heavy atom. The Morgan fingerprint density at radius 1 is 1.41 bits per heavy atom. The van der Waals surface area contributed by atoms with E-state index in [1.807, 2.05) is 11.6 Å². The van der Waals surface area contributed by atoms with Gasteiger partial charge in [0.05, 0.1) is 24.3 Å². The van der Waals surface area contributed by atoms with E-state index in [9.17, 15) is 5.26 Å². The van der Waals surface area contributed by atoms with Gasteiger partial charge in [0.2, 0.25) is 0 Å². The lowest BCUT2D eigenvalue weighted by Crippen LogP contribution is -2.32. The summed E-state index contributed by atoms with van der Waals surface area (Å²) in [4.78, 5) is 4.07. The summed E-state index contributed by atoms with van der Waals surface area (Å²) in [7, 11) is 1.93. The summed E-state index contributed by atoms with van der Waals surface area (Å²) in [6.07, 6.45) is 11.1. The largest absolute Gasteiger partial charge is 0.335 e. The minimum absolute atomic E-state index is 0.231. The molecule has 1 N–H and O–H groups in total. The Balaban J connectivity index is 2.00. The zero-order valence-electron chi connectivity index (χ0n) is 10.4. The third kappa shape index (κ3) is 3.07. The van der Waals surface area contributed by atoms with E-state index in [-0.39, 0.29) is 6.04 Å². The minimum Gasteiger partial charge on any atom is -0.335 e. The van der Waals surface area contributed by atoms with E-state index >= 15 is 0 Å². The lowest BCUT2D eigenvalue weighted by Gasteiger charge is -2.20. The molecule has 0 spiro atoms. The topological polar surface area (TPSA) is 53.6 Å². The molecule has 1 atom stereocenters. The monoisotopic (exact) mass is 232 g/mol. The first-order valence-corrected chi connectivity index (χ1v) is 6.43. The lowest BCUT2D eigenvalue weighted by molar-refractivity contribution is 0.429. The maximum atomic E-state index is 9.27. The van der Waals surface area contributed by atoms with Crippen LogP contribution >= 0.6 is 0 Å². The van der Waals surface area contributed by atoms with Crippen molar-refractivity contribution in [2.45, 2.75) is 50.6 Å². The smallest absolute Gasteiger partial charge is 0.138 e. The van der Waals surface area contributed by atoms with Gasteiger partial charge in [-0.15, -0.1) is 0 Å². The molecule has 1 aromatic rings. The second-order valence-electron chi connectivity index (χ2n) is 4.85. The van der Waals surface area contributed by atoms with E-state index in [1.165, 1.54) is 38.5 Å². The second-order valence-corrected chi connectivity index (χ2v) is 4.85. The molecule has 0 aromatic carbocycles. The summed E-state index contributed by atoms with van der Waals surface area (Å²) in [6, 6.07) is 2.59. The molecule has 1 aromatic heterocycles. The summed E-state index contributed by atoms with van der Waals surface area (Å²) in [5.74, 6) is 0. The van der Waals surface area contributed by atoms with Crippen molar-refractivity contribution in [1.82, 2.24) is 14.9 Å². The Labute approximate surface area is 103 Å². The summed E-state index contributed by atoms with van der Waals surface area (Å²) >= 11 is 0. The van der Waals surface area contributed by atoms with E-state index in [4.69, 9.17) is 0 Å². The van der Waals surface area contributed by atoms with E-state index in [2.05, 4.69) is 16.4 Å². The SMILES string of the molecule is Cn1cncc1C(C#N)NC1CCCCCC1. The fourth-order valence-electron chi connectivity index (χ4n) is 2.52. The molecule has 1 fully saturated rings. The maximum Gasteiger partial charge on any atom is 0.138 e. The average molecular weight is 232 g/mol. The highest BCUT2D eigenvalue weighted by molar-refractivity contribution is 5.13. The van der Waals surface area contributed by atoms with E-state index in [0.717, 1.165) is 5.69 Å². The van der Waals surface area contributed by atoms with Crippen LogP contribution in [0.5, 0.6) is 0 Å². The van der Waals surface area contributed by atoms with Gasteiger partial charge >= 0.3 is 0 Å². The number of nitrogens with one attached hydrogen (secondary N) is 1. The number of nitriles is 1. The Bertz CT molecular complexity index is 382. The van der Waals surface area contributed by atoms with Crippen molar-refractivity contribution in [3.05, 3.63) is 18.2 Å². The maximum absolute atomic E-state index is 9.27. The third-order valence-corrected chi connectivity index (χ3v) is 3.54. The molecule has 1 saturated carbocycles. The predicted octanol–water partition coefficient (Wildman–Crippen LogP) is 2.30. The van der Waals surface area contributed by atoms with Crippen LogP contribution in [0.1, 0.15) is 50.3 Å². The predicted molar refractivity (Wildman–Crippen MR) is 66.2 cm³/mol. The first kappa shape index (κ1) is 12.1. The molecule has 1 aliphatic rings. The number of aryl methyl sites for hydroxylation is 1. The van der Waals surface area contributed by atoms with Crippen LogP contribution in [0.4, 0.5) is 0 Å². The van der Waals surface area contributed by atoms with Gasteiger partial charge in [-0.1, -0.05) is 25.7 Å². The van der Waals surface area contributed by atoms with Gasteiger partial charge in [-0.3, -0.25) is 5.32 Å². The Hall–Kier alpha value is -1.34. The Morgan fingerprint density at radius 3 is 2.65 bits per heavy atom. The third-order valence-electron chi connectivity index (χ3n) is 3.54. The molecule has 4 nitrogen and oxygen atoms in total. The number of nitrogens with zero attached hydrogens (tertiary/aromatic N) is 3.